The second kappa shape index (κ2) is 13.4. The summed E-state index contributed by atoms with van der Waals surface area (Å²) in [6.07, 6.45) is 6.42. The maximum absolute atomic E-state index is 13.5. The number of halogens is 1. The van der Waals surface area contributed by atoms with Crippen molar-refractivity contribution < 1.29 is 9.50 Å². The van der Waals surface area contributed by atoms with Gasteiger partial charge in [0.25, 0.3) is 0 Å². The zero-order chi connectivity index (χ0) is 29.5. The van der Waals surface area contributed by atoms with Gasteiger partial charge in [-0.05, 0) is 78.3 Å². The van der Waals surface area contributed by atoms with Gasteiger partial charge in [0, 0.05) is 60.6 Å². The van der Waals surface area contributed by atoms with Crippen LogP contribution in [0.2, 0.25) is 0 Å². The maximum atomic E-state index is 13.5. The van der Waals surface area contributed by atoms with Crippen LogP contribution in [0.15, 0.2) is 85.5 Å². The lowest BCUT2D eigenvalue weighted by Crippen LogP contribution is -2.34. The summed E-state index contributed by atoms with van der Waals surface area (Å²) in [5.74, 6) is 0.385. The van der Waals surface area contributed by atoms with Gasteiger partial charge >= 0.3 is 0 Å². The summed E-state index contributed by atoms with van der Waals surface area (Å²) in [6, 6.07) is 20.3. The van der Waals surface area contributed by atoms with Gasteiger partial charge in [0.1, 0.15) is 18.0 Å². The van der Waals surface area contributed by atoms with Crippen LogP contribution >= 0.6 is 0 Å². The fourth-order valence-electron chi connectivity index (χ4n) is 5.04. The van der Waals surface area contributed by atoms with Crippen LogP contribution in [0.25, 0.3) is 22.0 Å². The van der Waals surface area contributed by atoms with Crippen molar-refractivity contribution in [1.82, 2.24) is 19.4 Å². The van der Waals surface area contributed by atoms with E-state index in [-0.39, 0.29) is 5.82 Å². The van der Waals surface area contributed by atoms with Gasteiger partial charge in [-0.1, -0.05) is 32.0 Å². The monoisotopic (exact) mass is 565 g/mol. The largest absolute Gasteiger partial charge is 0.390 e. The first-order chi connectivity index (χ1) is 20.4. The highest BCUT2D eigenvalue weighted by Crippen LogP contribution is 2.30. The first kappa shape index (κ1) is 28.9. The summed E-state index contributed by atoms with van der Waals surface area (Å²) in [5.41, 5.74) is 5.95. The zero-order valence-electron chi connectivity index (χ0n) is 23.9. The second-order valence-electron chi connectivity index (χ2n) is 10.2. The molecule has 0 saturated carbocycles. The Balaban J connectivity index is 1.33. The molecule has 42 heavy (non-hydrogen) atoms. The normalized spacial score (nSPS) is 12.0. The Hall–Kier alpha value is -4.60. The molecular weight excluding hydrogens is 529 g/mol. The van der Waals surface area contributed by atoms with E-state index in [1.165, 1.54) is 24.7 Å². The molecule has 2 aromatic heterocycles. The molecule has 0 radical (unpaired) electrons. The summed E-state index contributed by atoms with van der Waals surface area (Å²) in [7, 11) is 0. The van der Waals surface area contributed by atoms with Gasteiger partial charge in [-0.2, -0.15) is 0 Å². The average molecular weight is 566 g/mol. The van der Waals surface area contributed by atoms with Crippen molar-refractivity contribution in [3.05, 3.63) is 102 Å². The topological polar surface area (TPSA) is 102 Å². The third-order valence-corrected chi connectivity index (χ3v) is 7.35. The summed E-state index contributed by atoms with van der Waals surface area (Å²) < 4.78 is 15.6. The SMILES string of the molecule is CCN(CC)CC(O)Cn1ccc(-c2ccc3ncnc(Nc4ccc(NCc5cccc(F)c5)c(C=N)c4)c3c2)c1. The minimum atomic E-state index is -0.445. The van der Waals surface area contributed by atoms with Gasteiger partial charge in [-0.15, -0.1) is 0 Å². The molecule has 0 spiro atoms. The number of nitrogens with one attached hydrogen (secondary N) is 3. The van der Waals surface area contributed by atoms with Gasteiger partial charge in [0.05, 0.1) is 11.6 Å². The molecule has 0 aliphatic rings. The molecule has 0 aliphatic heterocycles. The number of fused-ring (bicyclic) bond motifs is 1. The summed E-state index contributed by atoms with van der Waals surface area (Å²) in [6.45, 7) is 7.66. The van der Waals surface area contributed by atoms with Gasteiger partial charge in [-0.3, -0.25) is 0 Å². The smallest absolute Gasteiger partial charge is 0.141 e. The molecule has 2 heterocycles. The molecule has 0 aliphatic carbocycles. The van der Waals surface area contributed by atoms with E-state index in [1.54, 1.807) is 6.07 Å². The fourth-order valence-corrected chi connectivity index (χ4v) is 5.04. The van der Waals surface area contributed by atoms with Crippen molar-refractivity contribution in [2.24, 2.45) is 0 Å². The molecule has 0 fully saturated rings. The zero-order valence-corrected chi connectivity index (χ0v) is 23.9. The quantitative estimate of drug-likeness (QED) is 0.125. The second-order valence-corrected chi connectivity index (χ2v) is 10.2. The van der Waals surface area contributed by atoms with Crippen LogP contribution < -0.4 is 10.6 Å². The van der Waals surface area contributed by atoms with E-state index in [9.17, 15) is 9.50 Å². The first-order valence-corrected chi connectivity index (χ1v) is 14.2. The summed E-state index contributed by atoms with van der Waals surface area (Å²) in [4.78, 5) is 11.2. The number of aliphatic hydroxyl groups excluding tert-OH is 1. The van der Waals surface area contributed by atoms with Crippen molar-refractivity contribution >= 4 is 34.3 Å². The lowest BCUT2D eigenvalue weighted by Gasteiger charge is -2.22. The lowest BCUT2D eigenvalue weighted by atomic mass is 10.1. The molecule has 216 valence electrons. The molecule has 8 nitrogen and oxygen atoms in total. The Morgan fingerprint density at radius 3 is 2.67 bits per heavy atom. The van der Waals surface area contributed by atoms with Crippen molar-refractivity contribution in [2.45, 2.75) is 33.0 Å². The minimum Gasteiger partial charge on any atom is -0.390 e. The van der Waals surface area contributed by atoms with Crippen LogP contribution in [0.1, 0.15) is 25.0 Å². The molecule has 0 bridgehead atoms. The van der Waals surface area contributed by atoms with Gasteiger partial charge < -0.3 is 30.6 Å². The lowest BCUT2D eigenvalue weighted by molar-refractivity contribution is 0.103. The van der Waals surface area contributed by atoms with Crippen molar-refractivity contribution in [2.75, 3.05) is 30.3 Å². The highest BCUT2D eigenvalue weighted by atomic mass is 19.1. The van der Waals surface area contributed by atoms with E-state index >= 15 is 0 Å². The highest BCUT2D eigenvalue weighted by Gasteiger charge is 2.12. The molecule has 4 N–H and O–H groups in total. The van der Waals surface area contributed by atoms with Gasteiger partial charge in [0.2, 0.25) is 0 Å². The number of rotatable bonds is 13. The molecule has 5 rings (SSSR count). The van der Waals surface area contributed by atoms with E-state index in [0.29, 0.717) is 31.0 Å². The highest BCUT2D eigenvalue weighted by molar-refractivity contribution is 5.94. The standard InChI is InChI=1S/C33H36FN7O/c1-3-40(4-2)20-29(42)21-41-13-12-25(19-41)24-8-10-32-30(16-24)33(38-22-37-32)39-28-9-11-31(26(15-28)17-35)36-18-23-6-5-7-27(34)14-23/h5-17,19,22,29,35-36,42H,3-4,18,20-21H2,1-2H3,(H,37,38,39). The van der Waals surface area contributed by atoms with Crippen LogP contribution in [-0.2, 0) is 13.1 Å². The molecule has 1 atom stereocenters. The van der Waals surface area contributed by atoms with Crippen LogP contribution in [0.5, 0.6) is 0 Å². The predicted octanol–water partition coefficient (Wildman–Crippen LogP) is 6.29. The summed E-state index contributed by atoms with van der Waals surface area (Å²) in [5, 5.41) is 26.0. The van der Waals surface area contributed by atoms with Crippen LogP contribution in [0.3, 0.4) is 0 Å². The van der Waals surface area contributed by atoms with Crippen molar-refractivity contribution in [3.63, 3.8) is 0 Å². The number of aromatic nitrogens is 3. The Labute approximate surface area is 245 Å². The molecule has 9 heteroatoms. The minimum absolute atomic E-state index is 0.274. The molecule has 3 aromatic carbocycles. The van der Waals surface area contributed by atoms with Gasteiger partial charge in [-0.25, -0.2) is 14.4 Å². The molecule has 5 aromatic rings. The molecule has 0 saturated heterocycles. The third kappa shape index (κ3) is 6.99. The van der Waals surface area contributed by atoms with E-state index in [1.807, 2.05) is 53.2 Å². The Morgan fingerprint density at radius 2 is 1.88 bits per heavy atom. The van der Waals surface area contributed by atoms with Gasteiger partial charge in [0.15, 0.2) is 0 Å². The Bertz CT molecular complexity index is 1660. The molecule has 0 amide bonds. The van der Waals surface area contributed by atoms with Crippen molar-refractivity contribution in [3.8, 4) is 11.1 Å². The van der Waals surface area contributed by atoms with Crippen molar-refractivity contribution in [1.29, 1.82) is 5.41 Å². The number of nitrogens with zero attached hydrogens (tertiary/aromatic N) is 4. The number of benzene rings is 3. The number of anilines is 3. The number of likely N-dealkylation sites (N-methyl/N-ethyl adjacent to an activating group) is 1. The average Bonchev–Trinajstić information content (AvgIpc) is 3.47. The summed E-state index contributed by atoms with van der Waals surface area (Å²) >= 11 is 0. The fraction of sp³-hybridized carbons (Fsp3) is 0.242. The Morgan fingerprint density at radius 1 is 1.02 bits per heavy atom. The number of aliphatic hydroxyl groups is 1. The Kier molecular flexibility index (Phi) is 9.21. The number of hydrogen-bond acceptors (Lipinski definition) is 7. The third-order valence-electron chi connectivity index (χ3n) is 7.35. The number of hydrogen-bond donors (Lipinski definition) is 4. The predicted molar refractivity (Wildman–Crippen MR) is 168 cm³/mol. The van der Waals surface area contributed by atoms with E-state index in [2.05, 4.69) is 51.6 Å². The van der Waals surface area contributed by atoms with E-state index in [4.69, 9.17) is 5.41 Å². The van der Waals surface area contributed by atoms with Crippen LogP contribution in [0, 0.1) is 11.2 Å². The molecular formula is C33H36FN7O. The van der Waals surface area contributed by atoms with E-state index < -0.39 is 6.10 Å². The van der Waals surface area contributed by atoms with Crippen LogP contribution in [0.4, 0.5) is 21.6 Å². The molecule has 1 unspecified atom stereocenters. The van der Waals surface area contributed by atoms with E-state index in [0.717, 1.165) is 52.1 Å². The maximum Gasteiger partial charge on any atom is 0.141 e. The van der Waals surface area contributed by atoms with Crippen LogP contribution in [-0.4, -0.2) is 56.5 Å². The first-order valence-electron chi connectivity index (χ1n) is 14.2.